The van der Waals surface area contributed by atoms with Crippen molar-refractivity contribution in [1.29, 1.82) is 0 Å². The maximum atomic E-state index is 15.2. The number of carboxylic acids is 1. The predicted octanol–water partition coefficient (Wildman–Crippen LogP) is 2.89. The van der Waals surface area contributed by atoms with Crippen molar-refractivity contribution in [2.75, 3.05) is 18.0 Å². The number of halogens is 1. The predicted molar refractivity (Wildman–Crippen MR) is 106 cm³/mol. The molecule has 2 aromatic rings. The van der Waals surface area contributed by atoms with Gasteiger partial charge in [-0.3, -0.25) is 9.20 Å². The number of hydrogen-bond donors (Lipinski definition) is 2. The van der Waals surface area contributed by atoms with Gasteiger partial charge in [0.2, 0.25) is 0 Å². The number of nitrogens with zero attached hydrogens (tertiary/aromatic N) is 2. The average molecular weight is 387 g/mol. The Kier molecular flexibility index (Phi) is 4.65. The standard InChI is InChI=1S/C21H26FN3O3/c1-3-12-6-14(23)9-24(8-12)19-11(2)18-15(13-4-5-13)7-16(21(27)28)20(26)25(18)10-17(19)22/h7,10,12-14H,3-6,8-9,23H2,1-2H3,(H,27,28)/t12-,14+/m1/s1. The molecule has 1 saturated heterocycles. The smallest absolute Gasteiger partial charge is 0.341 e. The van der Waals surface area contributed by atoms with Crippen molar-refractivity contribution < 1.29 is 14.3 Å². The van der Waals surface area contributed by atoms with Gasteiger partial charge in [0.05, 0.1) is 17.4 Å². The molecular weight excluding hydrogens is 361 g/mol. The number of hydrogen-bond acceptors (Lipinski definition) is 4. The first kappa shape index (κ1) is 18.9. The van der Waals surface area contributed by atoms with E-state index in [1.807, 2.05) is 11.8 Å². The topological polar surface area (TPSA) is 88.0 Å². The third-order valence-electron chi connectivity index (χ3n) is 6.15. The van der Waals surface area contributed by atoms with E-state index in [1.54, 1.807) is 0 Å². The Morgan fingerprint density at radius 1 is 1.36 bits per heavy atom. The molecule has 4 rings (SSSR count). The number of aryl methyl sites for hydroxylation is 1. The van der Waals surface area contributed by atoms with Crippen LogP contribution in [0.25, 0.3) is 5.52 Å². The molecule has 2 aromatic heterocycles. The monoisotopic (exact) mass is 387 g/mol. The molecule has 3 heterocycles. The summed E-state index contributed by atoms with van der Waals surface area (Å²) < 4.78 is 16.4. The van der Waals surface area contributed by atoms with Crippen molar-refractivity contribution in [3.05, 3.63) is 45.1 Å². The van der Waals surface area contributed by atoms with Crippen molar-refractivity contribution in [2.24, 2.45) is 11.7 Å². The summed E-state index contributed by atoms with van der Waals surface area (Å²) in [5, 5.41) is 9.41. The van der Waals surface area contributed by atoms with Gasteiger partial charge in [-0.1, -0.05) is 13.3 Å². The van der Waals surface area contributed by atoms with Crippen LogP contribution in [0.5, 0.6) is 0 Å². The number of pyridine rings is 2. The molecule has 0 bridgehead atoms. The molecule has 1 saturated carbocycles. The number of nitrogens with two attached hydrogens (primary N) is 1. The molecular formula is C21H26FN3O3. The molecule has 150 valence electrons. The number of rotatable bonds is 4. The van der Waals surface area contributed by atoms with Gasteiger partial charge in [0, 0.05) is 19.1 Å². The minimum atomic E-state index is -1.28. The first-order chi connectivity index (χ1) is 13.3. The summed E-state index contributed by atoms with van der Waals surface area (Å²) in [5.41, 5.74) is 7.85. The van der Waals surface area contributed by atoms with Gasteiger partial charge in [0.25, 0.3) is 5.56 Å². The van der Waals surface area contributed by atoms with Gasteiger partial charge in [-0.25, -0.2) is 9.18 Å². The first-order valence-electron chi connectivity index (χ1n) is 9.94. The van der Waals surface area contributed by atoms with E-state index in [-0.39, 0.29) is 17.5 Å². The fraction of sp³-hybridized carbons (Fsp3) is 0.524. The Balaban J connectivity index is 1.95. The Morgan fingerprint density at radius 3 is 2.68 bits per heavy atom. The highest BCUT2D eigenvalue weighted by Gasteiger charge is 2.32. The van der Waals surface area contributed by atoms with E-state index < -0.39 is 17.3 Å². The van der Waals surface area contributed by atoms with Crippen LogP contribution >= 0.6 is 0 Å². The molecule has 1 aliphatic carbocycles. The fourth-order valence-electron chi connectivity index (χ4n) is 4.61. The molecule has 0 unspecified atom stereocenters. The molecule has 7 heteroatoms. The van der Waals surface area contributed by atoms with Crippen LogP contribution in [0.15, 0.2) is 17.1 Å². The SMILES string of the molecule is CC[C@@H]1C[C@H](N)CN(c2c(F)cn3c(=O)c(C(=O)O)cc(C4CC4)c3c2C)C1. The summed E-state index contributed by atoms with van der Waals surface area (Å²) in [6.45, 7) is 5.23. The zero-order valence-corrected chi connectivity index (χ0v) is 16.2. The average Bonchev–Trinajstić information content (AvgIpc) is 3.46. The maximum Gasteiger partial charge on any atom is 0.341 e. The molecule has 1 aliphatic heterocycles. The normalized spacial score (nSPS) is 22.6. The quantitative estimate of drug-likeness (QED) is 0.842. The van der Waals surface area contributed by atoms with Crippen LogP contribution < -0.4 is 16.2 Å². The number of carbonyl (C=O) groups is 1. The molecule has 2 atom stereocenters. The number of piperidine rings is 1. The summed E-state index contributed by atoms with van der Waals surface area (Å²) in [6.07, 6.45) is 4.96. The van der Waals surface area contributed by atoms with Crippen molar-refractivity contribution in [1.82, 2.24) is 4.40 Å². The first-order valence-corrected chi connectivity index (χ1v) is 9.94. The summed E-state index contributed by atoms with van der Waals surface area (Å²) in [7, 11) is 0. The third kappa shape index (κ3) is 3.07. The number of anilines is 1. The molecule has 28 heavy (non-hydrogen) atoms. The molecule has 2 fully saturated rings. The molecule has 0 radical (unpaired) electrons. The van der Waals surface area contributed by atoms with Crippen LogP contribution in [-0.2, 0) is 0 Å². The fourth-order valence-corrected chi connectivity index (χ4v) is 4.61. The van der Waals surface area contributed by atoms with Crippen molar-refractivity contribution in [2.45, 2.75) is 51.5 Å². The van der Waals surface area contributed by atoms with Gasteiger partial charge in [-0.2, -0.15) is 0 Å². The number of aromatic carboxylic acids is 1. The highest BCUT2D eigenvalue weighted by molar-refractivity contribution is 5.89. The second-order valence-electron chi connectivity index (χ2n) is 8.24. The third-order valence-corrected chi connectivity index (χ3v) is 6.15. The lowest BCUT2D eigenvalue weighted by molar-refractivity contribution is 0.0694. The van der Waals surface area contributed by atoms with E-state index >= 15 is 4.39 Å². The Hall–Kier alpha value is -2.41. The van der Waals surface area contributed by atoms with Crippen molar-refractivity contribution >= 4 is 17.2 Å². The van der Waals surface area contributed by atoms with Crippen molar-refractivity contribution in [3.8, 4) is 0 Å². The molecule has 3 N–H and O–H groups in total. The zero-order valence-electron chi connectivity index (χ0n) is 16.2. The second kappa shape index (κ2) is 6.88. The number of fused-ring (bicyclic) bond motifs is 1. The zero-order chi connectivity index (χ0) is 20.2. The van der Waals surface area contributed by atoms with E-state index in [2.05, 4.69) is 6.92 Å². The van der Waals surface area contributed by atoms with Gasteiger partial charge in [0.15, 0.2) is 5.82 Å². The van der Waals surface area contributed by atoms with Gasteiger partial charge in [0.1, 0.15) is 5.56 Å². The van der Waals surface area contributed by atoms with Crippen LogP contribution in [0.4, 0.5) is 10.1 Å². The molecule has 6 nitrogen and oxygen atoms in total. The lowest BCUT2D eigenvalue weighted by Gasteiger charge is -2.38. The van der Waals surface area contributed by atoms with E-state index in [0.29, 0.717) is 29.2 Å². The largest absolute Gasteiger partial charge is 0.477 e. The second-order valence-corrected chi connectivity index (χ2v) is 8.24. The van der Waals surface area contributed by atoms with E-state index in [9.17, 15) is 14.7 Å². The van der Waals surface area contributed by atoms with E-state index in [1.165, 1.54) is 10.5 Å². The van der Waals surface area contributed by atoms with Crippen LogP contribution in [0.3, 0.4) is 0 Å². The summed E-state index contributed by atoms with van der Waals surface area (Å²) in [4.78, 5) is 26.2. The molecule has 0 aromatic carbocycles. The van der Waals surface area contributed by atoms with Crippen LogP contribution in [0, 0.1) is 18.7 Å². The summed E-state index contributed by atoms with van der Waals surface area (Å²) >= 11 is 0. The number of aromatic nitrogens is 1. The van der Waals surface area contributed by atoms with Gasteiger partial charge in [-0.15, -0.1) is 0 Å². The Labute approximate surface area is 162 Å². The van der Waals surface area contributed by atoms with E-state index in [0.717, 1.165) is 44.0 Å². The lowest BCUT2D eigenvalue weighted by atomic mass is 9.91. The van der Waals surface area contributed by atoms with Crippen LogP contribution in [0.1, 0.15) is 60.0 Å². The van der Waals surface area contributed by atoms with Gasteiger partial charge < -0.3 is 15.7 Å². The van der Waals surface area contributed by atoms with Gasteiger partial charge >= 0.3 is 5.97 Å². The van der Waals surface area contributed by atoms with Crippen LogP contribution in [-0.4, -0.2) is 34.6 Å². The minimum absolute atomic E-state index is 0.0202. The van der Waals surface area contributed by atoms with Crippen molar-refractivity contribution in [3.63, 3.8) is 0 Å². The van der Waals surface area contributed by atoms with Crippen LogP contribution in [0.2, 0.25) is 0 Å². The number of carboxylic acid groups (broad SMARTS) is 1. The summed E-state index contributed by atoms with van der Waals surface area (Å²) in [6, 6.07) is 1.47. The highest BCUT2D eigenvalue weighted by Crippen LogP contribution is 2.44. The van der Waals surface area contributed by atoms with E-state index in [4.69, 9.17) is 5.73 Å². The Bertz CT molecular complexity index is 1010. The highest BCUT2D eigenvalue weighted by atomic mass is 19.1. The Morgan fingerprint density at radius 2 is 2.07 bits per heavy atom. The summed E-state index contributed by atoms with van der Waals surface area (Å²) in [5.74, 6) is -1.17. The maximum absolute atomic E-state index is 15.2. The lowest BCUT2D eigenvalue weighted by Crippen LogP contribution is -2.47. The van der Waals surface area contributed by atoms with Gasteiger partial charge in [-0.05, 0) is 55.2 Å². The minimum Gasteiger partial charge on any atom is -0.477 e. The molecule has 0 amide bonds. The molecule has 2 aliphatic rings. The molecule has 0 spiro atoms.